The zero-order valence-corrected chi connectivity index (χ0v) is 39.9. The van der Waals surface area contributed by atoms with E-state index >= 15 is 14.4 Å². The first-order valence-electron chi connectivity index (χ1n) is 25.0. The van der Waals surface area contributed by atoms with Gasteiger partial charge in [0.05, 0.1) is 35.2 Å². The Morgan fingerprint density at radius 3 is 2.18 bits per heavy atom. The summed E-state index contributed by atoms with van der Waals surface area (Å²) in [5.41, 5.74) is 2.31. The van der Waals surface area contributed by atoms with Crippen molar-refractivity contribution in [1.82, 2.24) is 9.80 Å². The molecule has 72 heavy (non-hydrogen) atoms. The number of imide groups is 1. The van der Waals surface area contributed by atoms with Crippen LogP contribution in [0.2, 0.25) is 0 Å². The number of benzene rings is 5. The summed E-state index contributed by atoms with van der Waals surface area (Å²) in [5, 5.41) is 21.4. The second-order valence-electron chi connectivity index (χ2n) is 19.1. The Hall–Kier alpha value is -7.60. The minimum absolute atomic E-state index is 0.0225. The number of carbonyl (C=O) groups excluding carboxylic acids is 4. The molecule has 5 aliphatic rings. The number of cyclic esters (lactones) is 1. The number of aliphatic hydroxyl groups is 1. The van der Waals surface area contributed by atoms with Gasteiger partial charge in [-0.2, -0.15) is 0 Å². The summed E-state index contributed by atoms with van der Waals surface area (Å²) in [6.45, 7) is 0.189. The summed E-state index contributed by atoms with van der Waals surface area (Å²) in [7, 11) is 0. The highest BCUT2D eigenvalue weighted by Crippen LogP contribution is 2.66. The van der Waals surface area contributed by atoms with Crippen molar-refractivity contribution >= 4 is 35.3 Å². The fourth-order valence-electron chi connectivity index (χ4n) is 11.6. The predicted molar refractivity (Wildman–Crippen MR) is 267 cm³/mol. The number of non-ortho nitro benzene ring substituents is 1. The SMILES string of the molecule is O=C1O[C@@H](c2ccccc2)[C@@H](c2ccccc2)N2[C@@H](c3cccc(OCCO)c3)[C@]3(C(=O)N(C(=O)OCc4ccc([N+](=O)[O-])cc4)c4ccc(C#CC5=CCCCC5)cc43)[C@@H](C(=O)N3CCCCCCC3)[C@H]12. The molecule has 4 aliphatic heterocycles. The van der Waals surface area contributed by atoms with E-state index in [-0.39, 0.29) is 31.2 Å². The molecule has 0 aromatic heterocycles. The van der Waals surface area contributed by atoms with Crippen molar-refractivity contribution in [3.8, 4) is 17.6 Å². The zero-order chi connectivity index (χ0) is 49.8. The van der Waals surface area contributed by atoms with Gasteiger partial charge in [-0.05, 0) is 114 Å². The van der Waals surface area contributed by atoms with Crippen LogP contribution < -0.4 is 9.64 Å². The molecule has 0 bridgehead atoms. The maximum absolute atomic E-state index is 16.8. The number of carbonyl (C=O) groups is 4. The molecule has 10 rings (SSSR count). The molecule has 3 amide bonds. The van der Waals surface area contributed by atoms with Crippen LogP contribution in [0.3, 0.4) is 0 Å². The van der Waals surface area contributed by atoms with Gasteiger partial charge in [0.2, 0.25) is 11.8 Å². The third kappa shape index (κ3) is 9.03. The summed E-state index contributed by atoms with van der Waals surface area (Å²) in [6.07, 6.45) is 8.34. The molecule has 1 N–H and O–H groups in total. The Bertz CT molecular complexity index is 2940. The number of amides is 3. The molecule has 0 radical (unpaired) electrons. The minimum atomic E-state index is -2.03. The molecule has 0 unspecified atom stereocenters. The van der Waals surface area contributed by atoms with Crippen molar-refractivity contribution in [2.24, 2.45) is 5.92 Å². The number of nitro groups is 1. The van der Waals surface area contributed by atoms with Gasteiger partial charge in [-0.25, -0.2) is 9.69 Å². The number of esters is 1. The largest absolute Gasteiger partial charge is 0.491 e. The molecule has 368 valence electrons. The molecule has 1 spiro atoms. The maximum Gasteiger partial charge on any atom is 0.421 e. The monoisotopic (exact) mass is 968 g/mol. The van der Waals surface area contributed by atoms with E-state index in [4.69, 9.17) is 14.2 Å². The third-order valence-electron chi connectivity index (χ3n) is 14.8. The van der Waals surface area contributed by atoms with Crippen LogP contribution in [0.4, 0.5) is 16.2 Å². The van der Waals surface area contributed by atoms with Crippen LogP contribution in [0.15, 0.2) is 139 Å². The van der Waals surface area contributed by atoms with Gasteiger partial charge in [-0.3, -0.25) is 29.4 Å². The molecular formula is C58H56N4O10. The van der Waals surface area contributed by atoms with Gasteiger partial charge in [-0.15, -0.1) is 0 Å². The molecular weight excluding hydrogens is 913 g/mol. The minimum Gasteiger partial charge on any atom is -0.491 e. The highest BCUT2D eigenvalue weighted by Gasteiger charge is 2.76. The van der Waals surface area contributed by atoms with Gasteiger partial charge in [0.1, 0.15) is 36.5 Å². The quantitative estimate of drug-likeness (QED) is 0.0612. The normalized spacial score (nSPS) is 23.9. The number of nitro benzene ring substituents is 1. The molecule has 14 heteroatoms. The number of fused-ring (bicyclic) bond motifs is 3. The molecule has 5 aromatic carbocycles. The van der Waals surface area contributed by atoms with Crippen molar-refractivity contribution in [2.45, 2.75) is 94.0 Å². The smallest absolute Gasteiger partial charge is 0.421 e. The second-order valence-corrected chi connectivity index (χ2v) is 19.1. The average molecular weight is 969 g/mol. The van der Waals surface area contributed by atoms with E-state index in [1.807, 2.05) is 71.6 Å². The standard InChI is InChI=1S/C58H56N4O10/c63-34-35-70-46-23-15-22-44(37-46)53-58(47-36-40(25-24-39-16-7-4-8-17-39)28-31-48(47)60(56(58)66)57(67)71-38-41-26-29-45(30-27-41)62(68)69)49(54(64)59-32-13-2-1-3-14-33-59)51-55(65)72-52(43-20-11-6-12-21-43)50(61(51)53)42-18-9-5-10-19-42/h5-6,9-12,15-16,18-23,26-31,36-37,49-53,63H,1-4,7-8,13-14,17,32-35,38H2/t49-,50-,51-,52+,53+,58-/m1/s1. The molecule has 0 saturated carbocycles. The van der Waals surface area contributed by atoms with E-state index in [2.05, 4.69) is 17.9 Å². The third-order valence-corrected chi connectivity index (χ3v) is 14.8. The number of allylic oxidation sites excluding steroid dienone is 2. The van der Waals surface area contributed by atoms with Crippen molar-refractivity contribution in [2.75, 3.05) is 31.2 Å². The highest BCUT2D eigenvalue weighted by molar-refractivity contribution is 6.23. The van der Waals surface area contributed by atoms with Crippen LogP contribution in [0.25, 0.3) is 0 Å². The lowest BCUT2D eigenvalue weighted by molar-refractivity contribution is -0.384. The van der Waals surface area contributed by atoms with Gasteiger partial charge < -0.3 is 24.2 Å². The molecule has 1 aliphatic carbocycles. The molecule has 6 atom stereocenters. The number of aliphatic hydroxyl groups excluding tert-OH is 1. The summed E-state index contributed by atoms with van der Waals surface area (Å²) in [4.78, 5) is 79.4. The van der Waals surface area contributed by atoms with Gasteiger partial charge in [0.15, 0.2) is 0 Å². The van der Waals surface area contributed by atoms with Gasteiger partial charge >= 0.3 is 12.1 Å². The second kappa shape index (κ2) is 21.0. The molecule has 3 saturated heterocycles. The van der Waals surface area contributed by atoms with Crippen molar-refractivity contribution in [1.29, 1.82) is 0 Å². The number of hydrogen-bond acceptors (Lipinski definition) is 11. The highest BCUT2D eigenvalue weighted by atomic mass is 16.6. The van der Waals surface area contributed by atoms with Crippen LogP contribution in [0, 0.1) is 27.9 Å². The Kier molecular flexibility index (Phi) is 14.0. The van der Waals surface area contributed by atoms with Crippen molar-refractivity contribution < 1.29 is 43.4 Å². The fraction of sp³-hybridized carbons (Fsp3) is 0.345. The Morgan fingerprint density at radius 2 is 1.49 bits per heavy atom. The first-order valence-corrected chi connectivity index (χ1v) is 25.0. The first-order chi connectivity index (χ1) is 35.2. The zero-order valence-electron chi connectivity index (χ0n) is 39.9. The molecule has 14 nitrogen and oxygen atoms in total. The maximum atomic E-state index is 16.8. The van der Waals surface area contributed by atoms with Crippen LogP contribution in [-0.4, -0.2) is 76.1 Å². The van der Waals surface area contributed by atoms with E-state index in [1.165, 1.54) is 24.3 Å². The number of likely N-dealkylation sites (tertiary alicyclic amines) is 1. The Labute approximate surface area is 418 Å². The van der Waals surface area contributed by atoms with E-state index in [0.29, 0.717) is 46.7 Å². The molecule has 5 aromatic rings. The van der Waals surface area contributed by atoms with Crippen LogP contribution >= 0.6 is 0 Å². The van der Waals surface area contributed by atoms with Crippen LogP contribution in [0.1, 0.15) is 109 Å². The Morgan fingerprint density at radius 1 is 0.778 bits per heavy atom. The summed E-state index contributed by atoms with van der Waals surface area (Å²) >= 11 is 0. The number of ether oxygens (including phenoxy) is 3. The van der Waals surface area contributed by atoms with E-state index < -0.39 is 64.4 Å². The number of rotatable bonds is 10. The van der Waals surface area contributed by atoms with E-state index in [9.17, 15) is 20.0 Å². The van der Waals surface area contributed by atoms with Crippen LogP contribution in [0.5, 0.6) is 5.75 Å². The van der Waals surface area contributed by atoms with Gasteiger partial charge in [0.25, 0.3) is 5.69 Å². The van der Waals surface area contributed by atoms with Crippen molar-refractivity contribution in [3.05, 3.63) is 183 Å². The number of nitrogens with zero attached hydrogens (tertiary/aromatic N) is 4. The first kappa shape index (κ1) is 48.0. The Balaban J connectivity index is 1.24. The fourth-order valence-corrected chi connectivity index (χ4v) is 11.6. The van der Waals surface area contributed by atoms with Crippen molar-refractivity contribution in [3.63, 3.8) is 0 Å². The lowest BCUT2D eigenvalue weighted by Crippen LogP contribution is -2.56. The predicted octanol–water partition coefficient (Wildman–Crippen LogP) is 9.61. The lowest BCUT2D eigenvalue weighted by atomic mass is 9.64. The van der Waals surface area contributed by atoms with Gasteiger partial charge in [0, 0.05) is 30.8 Å². The molecule has 3 fully saturated rings. The summed E-state index contributed by atoms with van der Waals surface area (Å²) in [6, 6.07) is 33.7. The van der Waals surface area contributed by atoms with Crippen LogP contribution in [-0.2, 0) is 35.9 Å². The number of anilines is 1. The van der Waals surface area contributed by atoms with E-state index in [1.54, 1.807) is 41.3 Å². The lowest BCUT2D eigenvalue weighted by Gasteiger charge is -2.46. The summed E-state index contributed by atoms with van der Waals surface area (Å²) < 4.78 is 18.7. The van der Waals surface area contributed by atoms with E-state index in [0.717, 1.165) is 73.8 Å². The average Bonchev–Trinajstić information content (AvgIpc) is 3.86. The molecule has 4 heterocycles. The van der Waals surface area contributed by atoms with Gasteiger partial charge in [-0.1, -0.05) is 110 Å². The summed E-state index contributed by atoms with van der Waals surface area (Å²) in [5.74, 6) is 3.78. The topological polar surface area (TPSA) is 169 Å². The number of hydrogen-bond donors (Lipinski definition) is 1. The number of morpholine rings is 1.